The Morgan fingerprint density at radius 1 is 1.07 bits per heavy atom. The Hall–Kier alpha value is -2.41. The van der Waals surface area contributed by atoms with Crippen LogP contribution in [0.3, 0.4) is 0 Å². The molecule has 0 aliphatic carbocycles. The standard InChI is InChI=1S/C20H22F2N2O2S/c1-12-4-7-16(8-5-12)24-19(25)11-27-14(3)20(26)23-13(2)17-9-6-15(21)10-18(17)22/h4-10,13-14H,11H2,1-3H3,(H,23,26)(H,24,25). The van der Waals surface area contributed by atoms with E-state index in [-0.39, 0.29) is 23.1 Å². The van der Waals surface area contributed by atoms with Crippen molar-refractivity contribution in [1.82, 2.24) is 5.32 Å². The number of halogens is 2. The predicted molar refractivity (Wildman–Crippen MR) is 105 cm³/mol. The Kier molecular flexibility index (Phi) is 7.36. The lowest BCUT2D eigenvalue weighted by Gasteiger charge is -2.18. The second-order valence-electron chi connectivity index (χ2n) is 6.26. The molecule has 2 aromatic rings. The van der Waals surface area contributed by atoms with Gasteiger partial charge in [-0.25, -0.2) is 8.78 Å². The molecule has 0 heterocycles. The Morgan fingerprint density at radius 3 is 2.37 bits per heavy atom. The van der Waals surface area contributed by atoms with Crippen molar-refractivity contribution in [3.8, 4) is 0 Å². The molecule has 2 rings (SSSR count). The summed E-state index contributed by atoms with van der Waals surface area (Å²) in [5.74, 6) is -1.79. The second kappa shape index (κ2) is 9.50. The number of amides is 2. The van der Waals surface area contributed by atoms with Crippen LogP contribution in [0.25, 0.3) is 0 Å². The van der Waals surface area contributed by atoms with E-state index in [9.17, 15) is 18.4 Å². The molecule has 0 aliphatic rings. The first kappa shape index (κ1) is 20.9. The third kappa shape index (κ3) is 6.36. The highest BCUT2D eigenvalue weighted by molar-refractivity contribution is 8.01. The summed E-state index contributed by atoms with van der Waals surface area (Å²) in [5, 5.41) is 4.95. The van der Waals surface area contributed by atoms with Crippen LogP contribution in [0.1, 0.15) is 31.0 Å². The first-order valence-corrected chi connectivity index (χ1v) is 9.54. The molecule has 0 saturated heterocycles. The van der Waals surface area contributed by atoms with E-state index in [2.05, 4.69) is 10.6 Å². The predicted octanol–water partition coefficient (Wildman–Crippen LogP) is 4.21. The first-order chi connectivity index (χ1) is 12.8. The molecule has 4 nitrogen and oxygen atoms in total. The Labute approximate surface area is 161 Å². The van der Waals surface area contributed by atoms with Crippen LogP contribution < -0.4 is 10.6 Å². The molecule has 0 radical (unpaired) electrons. The maximum Gasteiger partial charge on any atom is 0.234 e. The van der Waals surface area contributed by atoms with Gasteiger partial charge in [0.05, 0.1) is 17.0 Å². The highest BCUT2D eigenvalue weighted by Crippen LogP contribution is 2.19. The molecule has 0 spiro atoms. The quantitative estimate of drug-likeness (QED) is 0.742. The second-order valence-corrected chi connectivity index (χ2v) is 7.59. The molecule has 7 heteroatoms. The van der Waals surface area contributed by atoms with Crippen LogP contribution in [-0.4, -0.2) is 22.8 Å². The number of carbonyl (C=O) groups excluding carboxylic acids is 2. The van der Waals surface area contributed by atoms with Gasteiger partial charge in [0.25, 0.3) is 0 Å². The molecular weight excluding hydrogens is 370 g/mol. The van der Waals surface area contributed by atoms with Crippen LogP contribution in [0.4, 0.5) is 14.5 Å². The fourth-order valence-corrected chi connectivity index (χ4v) is 3.06. The van der Waals surface area contributed by atoms with Gasteiger partial charge in [-0.2, -0.15) is 0 Å². The van der Waals surface area contributed by atoms with Gasteiger partial charge in [-0.05, 0) is 39.0 Å². The van der Waals surface area contributed by atoms with Crippen LogP contribution in [0.2, 0.25) is 0 Å². The summed E-state index contributed by atoms with van der Waals surface area (Å²) >= 11 is 1.18. The lowest BCUT2D eigenvalue weighted by atomic mass is 10.1. The number of nitrogens with one attached hydrogen (secondary N) is 2. The third-order valence-electron chi connectivity index (χ3n) is 3.96. The molecule has 27 heavy (non-hydrogen) atoms. The Balaban J connectivity index is 1.82. The average Bonchev–Trinajstić information content (AvgIpc) is 2.61. The number of hydrogen-bond acceptors (Lipinski definition) is 3. The Bertz CT molecular complexity index is 812. The topological polar surface area (TPSA) is 58.2 Å². The summed E-state index contributed by atoms with van der Waals surface area (Å²) in [6.45, 7) is 5.25. The molecule has 2 aromatic carbocycles. The number of thioether (sulfide) groups is 1. The van der Waals surface area contributed by atoms with Crippen LogP contribution >= 0.6 is 11.8 Å². The van der Waals surface area contributed by atoms with Crippen molar-refractivity contribution in [2.24, 2.45) is 0 Å². The summed E-state index contributed by atoms with van der Waals surface area (Å²) in [6.07, 6.45) is 0. The van der Waals surface area contributed by atoms with Crippen molar-refractivity contribution in [2.45, 2.75) is 32.1 Å². The van der Waals surface area contributed by atoms with Gasteiger partial charge in [-0.15, -0.1) is 11.8 Å². The van der Waals surface area contributed by atoms with Gasteiger partial charge in [0, 0.05) is 17.3 Å². The maximum absolute atomic E-state index is 13.8. The number of rotatable bonds is 7. The normalized spacial score (nSPS) is 12.9. The van der Waals surface area contributed by atoms with E-state index in [1.54, 1.807) is 13.8 Å². The van der Waals surface area contributed by atoms with E-state index in [1.165, 1.54) is 17.8 Å². The van der Waals surface area contributed by atoms with Crippen molar-refractivity contribution >= 4 is 29.3 Å². The number of carbonyl (C=O) groups is 2. The van der Waals surface area contributed by atoms with Crippen molar-refractivity contribution in [3.05, 3.63) is 65.2 Å². The molecule has 0 aliphatic heterocycles. The first-order valence-electron chi connectivity index (χ1n) is 8.49. The van der Waals surface area contributed by atoms with Crippen LogP contribution in [0.5, 0.6) is 0 Å². The molecule has 2 unspecified atom stereocenters. The fraction of sp³-hybridized carbons (Fsp3) is 0.300. The lowest BCUT2D eigenvalue weighted by molar-refractivity contribution is -0.120. The van der Waals surface area contributed by atoms with Crippen molar-refractivity contribution in [3.63, 3.8) is 0 Å². The van der Waals surface area contributed by atoms with Gasteiger partial charge in [-0.3, -0.25) is 9.59 Å². The zero-order valence-corrected chi connectivity index (χ0v) is 16.2. The largest absolute Gasteiger partial charge is 0.349 e. The smallest absolute Gasteiger partial charge is 0.234 e. The SMILES string of the molecule is Cc1ccc(NC(=O)CSC(C)C(=O)NC(C)c2ccc(F)cc2F)cc1. The summed E-state index contributed by atoms with van der Waals surface area (Å²) in [5.41, 5.74) is 2.00. The van der Waals surface area contributed by atoms with Crippen molar-refractivity contribution < 1.29 is 18.4 Å². The van der Waals surface area contributed by atoms with E-state index in [0.717, 1.165) is 17.7 Å². The average molecular weight is 392 g/mol. The molecule has 2 atom stereocenters. The zero-order chi connectivity index (χ0) is 20.0. The minimum absolute atomic E-state index is 0.113. The Morgan fingerprint density at radius 2 is 1.74 bits per heavy atom. The summed E-state index contributed by atoms with van der Waals surface area (Å²) in [4.78, 5) is 24.2. The van der Waals surface area contributed by atoms with Gasteiger partial charge in [0.15, 0.2) is 0 Å². The van der Waals surface area contributed by atoms with E-state index < -0.39 is 22.9 Å². The molecule has 2 N–H and O–H groups in total. The summed E-state index contributed by atoms with van der Waals surface area (Å²) in [7, 11) is 0. The van der Waals surface area contributed by atoms with E-state index in [1.807, 2.05) is 31.2 Å². The molecule has 0 aromatic heterocycles. The number of anilines is 1. The minimum Gasteiger partial charge on any atom is -0.349 e. The number of hydrogen-bond donors (Lipinski definition) is 2. The van der Waals surface area contributed by atoms with E-state index in [4.69, 9.17) is 0 Å². The van der Waals surface area contributed by atoms with E-state index in [0.29, 0.717) is 5.69 Å². The molecule has 0 bridgehead atoms. The highest BCUT2D eigenvalue weighted by atomic mass is 32.2. The molecule has 144 valence electrons. The minimum atomic E-state index is -0.708. The van der Waals surface area contributed by atoms with Crippen LogP contribution in [-0.2, 0) is 9.59 Å². The number of benzene rings is 2. The molecule has 2 amide bonds. The molecule has 0 saturated carbocycles. The lowest BCUT2D eigenvalue weighted by Crippen LogP contribution is -2.34. The maximum atomic E-state index is 13.8. The highest BCUT2D eigenvalue weighted by Gasteiger charge is 2.19. The van der Waals surface area contributed by atoms with Crippen LogP contribution in [0.15, 0.2) is 42.5 Å². The number of aryl methyl sites for hydroxylation is 1. The monoisotopic (exact) mass is 392 g/mol. The van der Waals surface area contributed by atoms with Gasteiger partial charge >= 0.3 is 0 Å². The fourth-order valence-electron chi connectivity index (χ4n) is 2.37. The third-order valence-corrected chi connectivity index (χ3v) is 5.10. The van der Waals surface area contributed by atoms with Gasteiger partial charge < -0.3 is 10.6 Å². The molecular formula is C20H22F2N2O2S. The van der Waals surface area contributed by atoms with Gasteiger partial charge in [0.1, 0.15) is 11.6 Å². The van der Waals surface area contributed by atoms with E-state index >= 15 is 0 Å². The van der Waals surface area contributed by atoms with Crippen molar-refractivity contribution in [2.75, 3.05) is 11.1 Å². The van der Waals surface area contributed by atoms with Crippen LogP contribution in [0, 0.1) is 18.6 Å². The van der Waals surface area contributed by atoms with Gasteiger partial charge in [-0.1, -0.05) is 23.8 Å². The summed E-state index contributed by atoms with van der Waals surface area (Å²) in [6, 6.07) is 10.1. The molecule has 0 fully saturated rings. The zero-order valence-electron chi connectivity index (χ0n) is 15.4. The van der Waals surface area contributed by atoms with Gasteiger partial charge in [0.2, 0.25) is 11.8 Å². The van der Waals surface area contributed by atoms with Crippen molar-refractivity contribution in [1.29, 1.82) is 0 Å². The summed E-state index contributed by atoms with van der Waals surface area (Å²) < 4.78 is 26.8.